The zero-order valence-corrected chi connectivity index (χ0v) is 14.9. The van der Waals surface area contributed by atoms with Crippen molar-refractivity contribution >= 4 is 17.3 Å². The number of benzene rings is 2. The van der Waals surface area contributed by atoms with Gasteiger partial charge in [-0.15, -0.1) is 0 Å². The molecule has 1 aromatic heterocycles. The molecule has 1 heterocycles. The predicted molar refractivity (Wildman–Crippen MR) is 96.4 cm³/mol. The zero-order valence-electron chi connectivity index (χ0n) is 14.2. The Hall–Kier alpha value is -2.73. The molecule has 0 radical (unpaired) electrons. The van der Waals surface area contributed by atoms with E-state index in [-0.39, 0.29) is 0 Å². The number of hydrogen-bond acceptors (Lipinski definition) is 6. The molecule has 0 aliphatic carbocycles. The molecule has 3 aromatic rings. The Morgan fingerprint density at radius 2 is 1.96 bits per heavy atom. The average Bonchev–Trinajstić information content (AvgIpc) is 3.09. The summed E-state index contributed by atoms with van der Waals surface area (Å²) in [5, 5.41) is 8.00. The third-order valence-corrected chi connectivity index (χ3v) is 3.97. The first kappa shape index (κ1) is 17.1. The molecule has 130 valence electrons. The fourth-order valence-electron chi connectivity index (χ4n) is 2.42. The summed E-state index contributed by atoms with van der Waals surface area (Å²) in [5.74, 6) is 2.25. The van der Waals surface area contributed by atoms with Crippen LogP contribution in [0, 0.1) is 6.92 Å². The fourth-order valence-corrected chi connectivity index (χ4v) is 2.64. The number of aryl methyl sites for hydroxylation is 1. The molecule has 0 aliphatic rings. The van der Waals surface area contributed by atoms with E-state index in [9.17, 15) is 0 Å². The van der Waals surface area contributed by atoms with Gasteiger partial charge in [-0.3, -0.25) is 0 Å². The molecule has 25 heavy (non-hydrogen) atoms. The molecule has 0 amide bonds. The summed E-state index contributed by atoms with van der Waals surface area (Å²) in [7, 11) is 3.19. The summed E-state index contributed by atoms with van der Waals surface area (Å²) in [6.07, 6.45) is 0. The van der Waals surface area contributed by atoms with Gasteiger partial charge in [0.1, 0.15) is 11.5 Å². The maximum Gasteiger partial charge on any atom is 0.246 e. The van der Waals surface area contributed by atoms with Gasteiger partial charge in [-0.1, -0.05) is 16.8 Å². The molecule has 0 fully saturated rings. The molecule has 6 nitrogen and oxygen atoms in total. The van der Waals surface area contributed by atoms with E-state index in [2.05, 4.69) is 15.5 Å². The number of aromatic nitrogens is 2. The first-order valence-corrected chi connectivity index (χ1v) is 8.03. The minimum atomic E-state index is 0.411. The Kier molecular flexibility index (Phi) is 5.09. The van der Waals surface area contributed by atoms with Gasteiger partial charge in [0, 0.05) is 16.8 Å². The molecule has 3 rings (SSSR count). The summed E-state index contributed by atoms with van der Waals surface area (Å²) in [6.45, 7) is 2.39. The molecule has 0 spiro atoms. The van der Waals surface area contributed by atoms with Crippen LogP contribution in [-0.2, 0) is 6.54 Å². The van der Waals surface area contributed by atoms with Gasteiger partial charge in [-0.05, 0) is 42.8 Å². The lowest BCUT2D eigenvalue weighted by Gasteiger charge is -2.07. The van der Waals surface area contributed by atoms with Gasteiger partial charge < -0.3 is 19.3 Å². The van der Waals surface area contributed by atoms with Gasteiger partial charge in [-0.2, -0.15) is 4.98 Å². The molecular weight excluding hydrogens is 342 g/mol. The highest BCUT2D eigenvalue weighted by Crippen LogP contribution is 2.31. The van der Waals surface area contributed by atoms with E-state index in [1.165, 1.54) is 0 Å². The molecular formula is C18H18ClN3O3. The average molecular weight is 360 g/mol. The summed E-state index contributed by atoms with van der Waals surface area (Å²) < 4.78 is 15.9. The molecule has 0 atom stereocenters. The Morgan fingerprint density at radius 1 is 1.12 bits per heavy atom. The molecule has 0 aliphatic heterocycles. The predicted octanol–water partition coefficient (Wildman–Crippen LogP) is 4.33. The monoisotopic (exact) mass is 359 g/mol. The number of hydrogen-bond donors (Lipinski definition) is 1. The second-order valence-corrected chi connectivity index (χ2v) is 5.83. The fraction of sp³-hybridized carbons (Fsp3) is 0.222. The quantitative estimate of drug-likeness (QED) is 0.706. The van der Waals surface area contributed by atoms with Crippen LogP contribution in [-0.4, -0.2) is 24.4 Å². The highest BCUT2D eigenvalue weighted by atomic mass is 35.5. The highest BCUT2D eigenvalue weighted by Gasteiger charge is 2.14. The van der Waals surface area contributed by atoms with Crippen LogP contribution in [0.5, 0.6) is 11.5 Å². The van der Waals surface area contributed by atoms with Gasteiger partial charge in [-0.25, -0.2) is 0 Å². The van der Waals surface area contributed by atoms with Gasteiger partial charge in [0.15, 0.2) is 0 Å². The number of halogens is 1. The topological polar surface area (TPSA) is 69.4 Å². The smallest absolute Gasteiger partial charge is 0.246 e. The standard InChI is InChI=1S/C18H18ClN3O3/c1-11-8-12(19)4-7-15(11)20-10-17-21-18(22-25-17)14-6-5-13(23-2)9-16(14)24-3/h4-9,20H,10H2,1-3H3. The SMILES string of the molecule is COc1ccc(-c2noc(CNc3ccc(Cl)cc3C)n2)c(OC)c1. The Bertz CT molecular complexity index is 880. The Balaban J connectivity index is 1.76. The van der Waals surface area contributed by atoms with Crippen molar-refractivity contribution in [1.82, 2.24) is 10.1 Å². The van der Waals surface area contributed by atoms with Crippen molar-refractivity contribution in [3.8, 4) is 22.9 Å². The van der Waals surface area contributed by atoms with Crippen molar-refractivity contribution in [2.45, 2.75) is 13.5 Å². The lowest BCUT2D eigenvalue weighted by atomic mass is 10.2. The van der Waals surface area contributed by atoms with Crippen LogP contribution in [0.2, 0.25) is 5.02 Å². The molecule has 0 saturated carbocycles. The molecule has 0 bridgehead atoms. The highest BCUT2D eigenvalue weighted by molar-refractivity contribution is 6.30. The van der Waals surface area contributed by atoms with E-state index in [0.29, 0.717) is 34.8 Å². The number of nitrogens with one attached hydrogen (secondary N) is 1. The lowest BCUT2D eigenvalue weighted by Crippen LogP contribution is -2.01. The number of anilines is 1. The molecule has 2 aromatic carbocycles. The van der Waals surface area contributed by atoms with Gasteiger partial charge in [0.05, 0.1) is 26.3 Å². The maximum atomic E-state index is 5.97. The first-order valence-electron chi connectivity index (χ1n) is 7.65. The van der Waals surface area contributed by atoms with Crippen molar-refractivity contribution in [1.29, 1.82) is 0 Å². The second kappa shape index (κ2) is 7.44. The first-order chi connectivity index (χ1) is 12.1. The van der Waals surface area contributed by atoms with Crippen molar-refractivity contribution in [2.75, 3.05) is 19.5 Å². The van der Waals surface area contributed by atoms with E-state index in [1.54, 1.807) is 20.3 Å². The number of rotatable bonds is 6. The zero-order chi connectivity index (χ0) is 17.8. The normalized spacial score (nSPS) is 10.6. The number of ether oxygens (including phenoxy) is 2. The Labute approximate surface area is 150 Å². The Morgan fingerprint density at radius 3 is 2.68 bits per heavy atom. The van der Waals surface area contributed by atoms with Crippen LogP contribution in [0.3, 0.4) is 0 Å². The van der Waals surface area contributed by atoms with Gasteiger partial charge >= 0.3 is 0 Å². The van der Waals surface area contributed by atoms with Crippen LogP contribution in [0.4, 0.5) is 5.69 Å². The second-order valence-electron chi connectivity index (χ2n) is 5.39. The summed E-state index contributed by atoms with van der Waals surface area (Å²) >= 11 is 5.97. The van der Waals surface area contributed by atoms with E-state index < -0.39 is 0 Å². The molecule has 1 N–H and O–H groups in total. The van der Waals surface area contributed by atoms with Crippen LogP contribution in [0.1, 0.15) is 11.5 Å². The minimum absolute atomic E-state index is 0.411. The number of methoxy groups -OCH3 is 2. The van der Waals surface area contributed by atoms with Crippen molar-refractivity contribution < 1.29 is 14.0 Å². The van der Waals surface area contributed by atoms with Gasteiger partial charge in [0.25, 0.3) is 0 Å². The van der Waals surface area contributed by atoms with Crippen molar-refractivity contribution in [3.63, 3.8) is 0 Å². The van der Waals surface area contributed by atoms with E-state index >= 15 is 0 Å². The molecule has 7 heteroatoms. The molecule has 0 unspecified atom stereocenters. The summed E-state index contributed by atoms with van der Waals surface area (Å²) in [4.78, 5) is 4.42. The maximum absolute atomic E-state index is 5.97. The molecule has 0 saturated heterocycles. The van der Waals surface area contributed by atoms with E-state index in [4.69, 9.17) is 25.6 Å². The van der Waals surface area contributed by atoms with Gasteiger partial charge in [0.2, 0.25) is 11.7 Å². The van der Waals surface area contributed by atoms with Crippen LogP contribution < -0.4 is 14.8 Å². The van der Waals surface area contributed by atoms with Crippen LogP contribution >= 0.6 is 11.6 Å². The number of nitrogens with zero attached hydrogens (tertiary/aromatic N) is 2. The largest absolute Gasteiger partial charge is 0.497 e. The third kappa shape index (κ3) is 3.85. The summed E-state index contributed by atoms with van der Waals surface area (Å²) in [5.41, 5.74) is 2.75. The van der Waals surface area contributed by atoms with E-state index in [1.807, 2.05) is 37.3 Å². The van der Waals surface area contributed by atoms with Crippen LogP contribution in [0.25, 0.3) is 11.4 Å². The van der Waals surface area contributed by atoms with Crippen molar-refractivity contribution in [3.05, 3.63) is 52.9 Å². The van der Waals surface area contributed by atoms with Crippen LogP contribution in [0.15, 0.2) is 40.9 Å². The van der Waals surface area contributed by atoms with Crippen molar-refractivity contribution in [2.24, 2.45) is 0 Å². The van der Waals surface area contributed by atoms with E-state index in [0.717, 1.165) is 16.8 Å². The lowest BCUT2D eigenvalue weighted by molar-refractivity contribution is 0.382. The third-order valence-electron chi connectivity index (χ3n) is 3.74. The minimum Gasteiger partial charge on any atom is -0.497 e. The summed E-state index contributed by atoms with van der Waals surface area (Å²) in [6, 6.07) is 11.1.